The predicted octanol–water partition coefficient (Wildman–Crippen LogP) is 5.24. The minimum absolute atomic E-state index is 0.258. The first-order valence-electron chi connectivity index (χ1n) is 9.54. The van der Waals surface area contributed by atoms with Gasteiger partial charge in [0.05, 0.1) is 6.21 Å². The molecule has 2 aromatic heterocycles. The molecule has 1 aliphatic carbocycles. The Hall–Kier alpha value is -2.67. The van der Waals surface area contributed by atoms with Gasteiger partial charge in [0.25, 0.3) is 0 Å². The molecular formula is C21H24N4O2S. The van der Waals surface area contributed by atoms with E-state index in [1.54, 1.807) is 10.9 Å². The van der Waals surface area contributed by atoms with Crippen LogP contribution in [0.5, 0.6) is 5.75 Å². The van der Waals surface area contributed by atoms with Crippen molar-refractivity contribution in [3.8, 4) is 5.75 Å². The fraction of sp³-hybridized carbons (Fsp3) is 0.381. The number of nitrogens with one attached hydrogen (secondary N) is 1. The lowest BCUT2D eigenvalue weighted by molar-refractivity contribution is 0.290. The normalized spacial score (nSPS) is 18.9. The molecule has 0 spiro atoms. The Kier molecular flexibility index (Phi) is 5.17. The van der Waals surface area contributed by atoms with Crippen molar-refractivity contribution < 1.29 is 9.15 Å². The maximum atomic E-state index is 5.86. The molecule has 1 fully saturated rings. The predicted molar refractivity (Wildman–Crippen MR) is 110 cm³/mol. The lowest BCUT2D eigenvalue weighted by Gasteiger charge is -2.08. The first-order valence-corrected chi connectivity index (χ1v) is 9.95. The van der Waals surface area contributed by atoms with Crippen molar-refractivity contribution in [3.05, 3.63) is 64.1 Å². The van der Waals surface area contributed by atoms with E-state index >= 15 is 0 Å². The zero-order chi connectivity index (χ0) is 19.7. The summed E-state index contributed by atoms with van der Waals surface area (Å²) in [4.78, 5) is 0. The monoisotopic (exact) mass is 396 g/mol. The van der Waals surface area contributed by atoms with Crippen LogP contribution < -0.4 is 4.74 Å². The van der Waals surface area contributed by atoms with Crippen molar-refractivity contribution in [2.75, 3.05) is 0 Å². The molecular weight excluding hydrogens is 372 g/mol. The summed E-state index contributed by atoms with van der Waals surface area (Å²) in [5.74, 6) is 4.84. The molecule has 0 aliphatic heterocycles. The molecule has 0 radical (unpaired) electrons. The zero-order valence-electron chi connectivity index (χ0n) is 16.3. The van der Waals surface area contributed by atoms with Gasteiger partial charge in [-0.3, -0.25) is 0 Å². The summed E-state index contributed by atoms with van der Waals surface area (Å²) >= 11 is 5.28. The molecule has 0 bridgehead atoms. The van der Waals surface area contributed by atoms with Gasteiger partial charge < -0.3 is 9.15 Å². The number of aromatic amines is 1. The summed E-state index contributed by atoms with van der Waals surface area (Å²) in [5.41, 5.74) is 1.28. The molecule has 2 atom stereocenters. The third kappa shape index (κ3) is 4.09. The third-order valence-electron chi connectivity index (χ3n) is 5.06. The van der Waals surface area contributed by atoms with Crippen molar-refractivity contribution in [2.24, 2.45) is 11.0 Å². The van der Waals surface area contributed by atoms with Gasteiger partial charge in [0, 0.05) is 5.92 Å². The molecule has 1 N–H and O–H groups in total. The summed E-state index contributed by atoms with van der Waals surface area (Å²) in [7, 11) is 0. The van der Waals surface area contributed by atoms with E-state index < -0.39 is 0 Å². The fourth-order valence-corrected chi connectivity index (χ4v) is 3.30. The Morgan fingerprint density at radius 1 is 1.32 bits per heavy atom. The first-order chi connectivity index (χ1) is 13.5. The highest BCUT2D eigenvalue weighted by atomic mass is 32.1. The second kappa shape index (κ2) is 7.75. The van der Waals surface area contributed by atoms with Crippen LogP contribution in [0.2, 0.25) is 0 Å². The number of H-pyrrole nitrogens is 1. The number of furan rings is 1. The Balaban J connectivity index is 1.43. The van der Waals surface area contributed by atoms with Gasteiger partial charge in [0.2, 0.25) is 4.77 Å². The Morgan fingerprint density at radius 3 is 2.75 bits per heavy atom. The number of ether oxygens (including phenoxy) is 1. The smallest absolute Gasteiger partial charge is 0.216 e. The van der Waals surface area contributed by atoms with Gasteiger partial charge >= 0.3 is 0 Å². The van der Waals surface area contributed by atoms with E-state index in [1.165, 1.54) is 12.0 Å². The van der Waals surface area contributed by atoms with E-state index in [0.29, 0.717) is 34.1 Å². The van der Waals surface area contributed by atoms with Crippen LogP contribution in [0.1, 0.15) is 61.9 Å². The Bertz CT molecular complexity index is 1030. The van der Waals surface area contributed by atoms with Crippen LogP contribution in [0.4, 0.5) is 0 Å². The SMILES string of the molecule is CC(C)c1ccc(OCc2n[nH]c(=S)n2/N=C\c2ccc([C@H]3C[C@H]3C)o2)cc1. The van der Waals surface area contributed by atoms with Gasteiger partial charge in [-0.1, -0.05) is 32.9 Å². The molecule has 7 heteroatoms. The number of rotatable bonds is 7. The van der Waals surface area contributed by atoms with Gasteiger partial charge in [-0.2, -0.15) is 14.9 Å². The zero-order valence-corrected chi connectivity index (χ0v) is 17.1. The van der Waals surface area contributed by atoms with Crippen molar-refractivity contribution in [3.63, 3.8) is 0 Å². The molecule has 0 unspecified atom stereocenters. The standard InChI is InChI=1S/C21H24N4O2S/c1-13(2)15-4-6-16(7-5-15)26-12-20-23-24-21(28)25(20)22-11-17-8-9-19(27-17)18-10-14(18)3/h4-9,11,13-14,18H,10,12H2,1-3H3,(H,24,28)/b22-11-/t14-,18+/m1/s1. The summed E-state index contributed by atoms with van der Waals surface area (Å²) in [5, 5.41) is 11.4. The highest BCUT2D eigenvalue weighted by molar-refractivity contribution is 7.71. The fourth-order valence-electron chi connectivity index (χ4n) is 3.10. The van der Waals surface area contributed by atoms with Crippen LogP contribution in [0.15, 0.2) is 45.9 Å². The molecule has 1 aliphatic rings. The molecule has 28 heavy (non-hydrogen) atoms. The first kappa shape index (κ1) is 18.7. The van der Waals surface area contributed by atoms with Crippen molar-refractivity contribution >= 4 is 18.4 Å². The number of aromatic nitrogens is 3. The van der Waals surface area contributed by atoms with Crippen LogP contribution >= 0.6 is 12.2 Å². The molecule has 1 aromatic carbocycles. The Morgan fingerprint density at radius 2 is 2.07 bits per heavy atom. The topological polar surface area (TPSA) is 68.3 Å². The number of benzene rings is 1. The molecule has 0 amide bonds. The summed E-state index contributed by atoms with van der Waals surface area (Å²) in [6.45, 7) is 6.82. The number of nitrogens with zero attached hydrogens (tertiary/aromatic N) is 3. The molecule has 1 saturated carbocycles. The maximum absolute atomic E-state index is 5.86. The number of hydrogen-bond donors (Lipinski definition) is 1. The second-order valence-corrected chi connectivity index (χ2v) is 7.96. The number of hydrogen-bond acceptors (Lipinski definition) is 5. The average Bonchev–Trinajstić information content (AvgIpc) is 3.08. The van der Waals surface area contributed by atoms with E-state index in [-0.39, 0.29) is 6.61 Å². The third-order valence-corrected chi connectivity index (χ3v) is 5.32. The van der Waals surface area contributed by atoms with Crippen LogP contribution in [0.25, 0.3) is 0 Å². The minimum Gasteiger partial charge on any atom is -0.486 e. The average molecular weight is 397 g/mol. The van der Waals surface area contributed by atoms with Crippen molar-refractivity contribution in [1.82, 2.24) is 14.9 Å². The molecule has 4 rings (SSSR count). The molecule has 3 aromatic rings. The van der Waals surface area contributed by atoms with E-state index in [0.717, 1.165) is 11.5 Å². The molecule has 6 nitrogen and oxygen atoms in total. The van der Waals surface area contributed by atoms with Gasteiger partial charge in [-0.25, -0.2) is 5.10 Å². The van der Waals surface area contributed by atoms with Crippen LogP contribution in [0.3, 0.4) is 0 Å². The Labute approximate surface area is 169 Å². The van der Waals surface area contributed by atoms with Gasteiger partial charge in [0.15, 0.2) is 5.82 Å². The van der Waals surface area contributed by atoms with E-state index in [9.17, 15) is 0 Å². The lowest BCUT2D eigenvalue weighted by Crippen LogP contribution is -2.04. The van der Waals surface area contributed by atoms with E-state index in [2.05, 4.69) is 48.2 Å². The summed E-state index contributed by atoms with van der Waals surface area (Å²) in [6, 6.07) is 12.0. The van der Waals surface area contributed by atoms with Crippen LogP contribution in [-0.4, -0.2) is 21.1 Å². The molecule has 146 valence electrons. The van der Waals surface area contributed by atoms with E-state index in [1.807, 2.05) is 24.3 Å². The quantitative estimate of drug-likeness (QED) is 0.438. The van der Waals surface area contributed by atoms with Crippen LogP contribution in [-0.2, 0) is 6.61 Å². The van der Waals surface area contributed by atoms with Gasteiger partial charge in [-0.05, 0) is 60.3 Å². The van der Waals surface area contributed by atoms with Crippen molar-refractivity contribution in [2.45, 2.75) is 45.6 Å². The summed E-state index contributed by atoms with van der Waals surface area (Å²) in [6.07, 6.45) is 2.85. The second-order valence-electron chi connectivity index (χ2n) is 7.57. The highest BCUT2D eigenvalue weighted by Crippen LogP contribution is 2.47. The molecule has 2 heterocycles. The van der Waals surface area contributed by atoms with Gasteiger partial charge in [0.1, 0.15) is 23.9 Å². The summed E-state index contributed by atoms with van der Waals surface area (Å²) < 4.78 is 13.7. The van der Waals surface area contributed by atoms with E-state index in [4.69, 9.17) is 21.4 Å². The lowest BCUT2D eigenvalue weighted by atomic mass is 10.0. The van der Waals surface area contributed by atoms with Gasteiger partial charge in [-0.15, -0.1) is 0 Å². The largest absolute Gasteiger partial charge is 0.486 e. The minimum atomic E-state index is 0.258. The molecule has 0 saturated heterocycles. The highest BCUT2D eigenvalue weighted by Gasteiger charge is 2.36. The van der Waals surface area contributed by atoms with Crippen molar-refractivity contribution in [1.29, 1.82) is 0 Å². The van der Waals surface area contributed by atoms with Crippen LogP contribution in [0, 0.1) is 10.7 Å². The maximum Gasteiger partial charge on any atom is 0.216 e.